The van der Waals surface area contributed by atoms with Crippen LogP contribution in [0.2, 0.25) is 0 Å². The van der Waals surface area contributed by atoms with Gasteiger partial charge in [-0.05, 0) is 23.4 Å². The van der Waals surface area contributed by atoms with Gasteiger partial charge in [0.05, 0.1) is 0 Å². The number of benzene rings is 1. The van der Waals surface area contributed by atoms with Crippen LogP contribution in [0.4, 0.5) is 0 Å². The van der Waals surface area contributed by atoms with Crippen LogP contribution in [-0.2, 0) is 11.2 Å². The number of fused-ring (bicyclic) bond motifs is 3. The van der Waals surface area contributed by atoms with E-state index in [4.69, 9.17) is 5.11 Å². The molecule has 1 aromatic carbocycles. The van der Waals surface area contributed by atoms with Gasteiger partial charge in [0.25, 0.3) is 0 Å². The van der Waals surface area contributed by atoms with E-state index < -0.39 is 12.0 Å². The molecule has 0 radical (unpaired) electrons. The van der Waals surface area contributed by atoms with Gasteiger partial charge in [0.1, 0.15) is 6.04 Å². The molecule has 0 spiro atoms. The lowest BCUT2D eigenvalue weighted by Gasteiger charge is -2.20. The molecule has 3 rings (SSSR count). The molecule has 1 aromatic heterocycles. The maximum Gasteiger partial charge on any atom is 0.326 e. The zero-order valence-corrected chi connectivity index (χ0v) is 9.38. The Labute approximate surface area is 96.7 Å². The topological polar surface area (TPSA) is 49.3 Å². The maximum absolute atomic E-state index is 11.1. The van der Waals surface area contributed by atoms with E-state index in [1.807, 2.05) is 12.1 Å². The number of aliphatic carboxylic acids is 1. The average Bonchev–Trinajstić information content (AvgIpc) is 2.67. The summed E-state index contributed by atoms with van der Waals surface area (Å²) in [6, 6.07) is 7.60. The Bertz CT molecular complexity index is 561. The highest BCUT2D eigenvalue weighted by Gasteiger charge is 2.28. The van der Waals surface area contributed by atoms with Gasteiger partial charge in [-0.1, -0.05) is 18.2 Å². The average molecular weight is 233 g/mol. The van der Waals surface area contributed by atoms with Crippen molar-refractivity contribution in [2.45, 2.75) is 12.5 Å². The molecule has 0 saturated carbocycles. The van der Waals surface area contributed by atoms with Gasteiger partial charge in [0.2, 0.25) is 0 Å². The fourth-order valence-corrected chi connectivity index (χ4v) is 3.56. The smallest absolute Gasteiger partial charge is 0.326 e. The number of thiophene rings is 1. The van der Waals surface area contributed by atoms with Crippen LogP contribution in [0.25, 0.3) is 10.1 Å². The summed E-state index contributed by atoms with van der Waals surface area (Å²) >= 11 is 1.59. The first-order chi connectivity index (χ1) is 7.77. The van der Waals surface area contributed by atoms with Crippen molar-refractivity contribution in [3.8, 4) is 0 Å². The van der Waals surface area contributed by atoms with Crippen molar-refractivity contribution < 1.29 is 9.90 Å². The van der Waals surface area contributed by atoms with Gasteiger partial charge in [-0.15, -0.1) is 11.3 Å². The third-order valence-electron chi connectivity index (χ3n) is 2.96. The molecule has 2 N–H and O–H groups in total. The third-order valence-corrected chi connectivity index (χ3v) is 4.24. The van der Waals surface area contributed by atoms with Crippen LogP contribution in [0.15, 0.2) is 24.3 Å². The Balaban J connectivity index is 2.25. The van der Waals surface area contributed by atoms with Crippen LogP contribution < -0.4 is 5.32 Å². The summed E-state index contributed by atoms with van der Waals surface area (Å²) in [5.74, 6) is -0.785. The number of carbonyl (C=O) groups is 1. The first-order valence-electron chi connectivity index (χ1n) is 5.24. The molecule has 16 heavy (non-hydrogen) atoms. The van der Waals surface area contributed by atoms with Crippen LogP contribution in [-0.4, -0.2) is 17.6 Å². The van der Waals surface area contributed by atoms with E-state index >= 15 is 0 Å². The maximum atomic E-state index is 11.1. The van der Waals surface area contributed by atoms with Crippen molar-refractivity contribution in [1.82, 2.24) is 5.32 Å². The fraction of sp³-hybridized carbons (Fsp3) is 0.250. The van der Waals surface area contributed by atoms with E-state index in [2.05, 4.69) is 17.4 Å². The van der Waals surface area contributed by atoms with Gasteiger partial charge in [-0.25, -0.2) is 0 Å². The standard InChI is InChI=1S/C12H11NO2S/c14-12(15)10-11-8(5-6-13-10)7-3-1-2-4-9(7)16-11/h1-4,10,13H,5-6H2,(H,14,15). The summed E-state index contributed by atoms with van der Waals surface area (Å²) in [7, 11) is 0. The lowest BCUT2D eigenvalue weighted by molar-refractivity contribution is -0.139. The largest absolute Gasteiger partial charge is 0.480 e. The highest BCUT2D eigenvalue weighted by Crippen LogP contribution is 2.37. The summed E-state index contributed by atoms with van der Waals surface area (Å²) in [4.78, 5) is 12.1. The number of hydrogen-bond donors (Lipinski definition) is 2. The second-order valence-electron chi connectivity index (χ2n) is 3.92. The van der Waals surface area contributed by atoms with E-state index in [0.717, 1.165) is 17.8 Å². The zero-order chi connectivity index (χ0) is 11.1. The highest BCUT2D eigenvalue weighted by atomic mass is 32.1. The van der Waals surface area contributed by atoms with Crippen molar-refractivity contribution in [3.63, 3.8) is 0 Å². The van der Waals surface area contributed by atoms with Crippen LogP contribution in [0.1, 0.15) is 16.5 Å². The highest BCUT2D eigenvalue weighted by molar-refractivity contribution is 7.19. The normalized spacial score (nSPS) is 19.6. The molecule has 0 amide bonds. The van der Waals surface area contributed by atoms with Crippen LogP contribution in [0.3, 0.4) is 0 Å². The Kier molecular flexibility index (Phi) is 2.19. The molecule has 1 aliphatic heterocycles. The van der Waals surface area contributed by atoms with Crippen molar-refractivity contribution in [3.05, 3.63) is 34.7 Å². The first kappa shape index (κ1) is 9.81. The summed E-state index contributed by atoms with van der Waals surface area (Å²) in [6.45, 7) is 0.741. The van der Waals surface area contributed by atoms with Gasteiger partial charge in [-0.2, -0.15) is 0 Å². The van der Waals surface area contributed by atoms with Gasteiger partial charge in [0, 0.05) is 16.1 Å². The molecule has 0 aliphatic carbocycles. The Hall–Kier alpha value is -1.39. The number of carboxylic acid groups (broad SMARTS) is 1. The Morgan fingerprint density at radius 2 is 2.25 bits per heavy atom. The van der Waals surface area contributed by atoms with Crippen LogP contribution in [0.5, 0.6) is 0 Å². The van der Waals surface area contributed by atoms with E-state index in [9.17, 15) is 4.79 Å². The van der Waals surface area contributed by atoms with Crippen molar-refractivity contribution in [2.24, 2.45) is 0 Å². The lowest BCUT2D eigenvalue weighted by Crippen LogP contribution is -2.33. The summed E-state index contributed by atoms with van der Waals surface area (Å²) in [6.07, 6.45) is 0.920. The molecule has 0 fully saturated rings. The second kappa shape index (κ2) is 3.57. The molecular formula is C12H11NO2S. The minimum Gasteiger partial charge on any atom is -0.480 e. The van der Waals surface area contributed by atoms with Crippen molar-refractivity contribution in [1.29, 1.82) is 0 Å². The first-order valence-corrected chi connectivity index (χ1v) is 6.05. The predicted octanol–water partition coefficient (Wildman–Crippen LogP) is 2.17. The summed E-state index contributed by atoms with van der Waals surface area (Å²) in [5, 5.41) is 13.4. The molecule has 1 aliphatic rings. The number of rotatable bonds is 1. The molecule has 3 nitrogen and oxygen atoms in total. The number of nitrogens with one attached hydrogen (secondary N) is 1. The van der Waals surface area contributed by atoms with Gasteiger partial charge in [-0.3, -0.25) is 10.1 Å². The van der Waals surface area contributed by atoms with Gasteiger partial charge < -0.3 is 5.11 Å². The summed E-state index contributed by atoms with van der Waals surface area (Å²) < 4.78 is 1.18. The molecular weight excluding hydrogens is 222 g/mol. The molecule has 1 unspecified atom stereocenters. The molecule has 82 valence electrons. The fourth-order valence-electron chi connectivity index (χ4n) is 2.24. The number of hydrogen-bond acceptors (Lipinski definition) is 3. The quantitative estimate of drug-likeness (QED) is 0.793. The molecule has 4 heteroatoms. The molecule has 2 heterocycles. The van der Waals surface area contributed by atoms with E-state index in [1.165, 1.54) is 15.6 Å². The van der Waals surface area contributed by atoms with Crippen LogP contribution in [0, 0.1) is 0 Å². The van der Waals surface area contributed by atoms with E-state index in [1.54, 1.807) is 11.3 Å². The second-order valence-corrected chi connectivity index (χ2v) is 5.00. The van der Waals surface area contributed by atoms with Crippen molar-refractivity contribution in [2.75, 3.05) is 6.54 Å². The Morgan fingerprint density at radius 3 is 3.06 bits per heavy atom. The zero-order valence-electron chi connectivity index (χ0n) is 8.56. The van der Waals surface area contributed by atoms with E-state index in [0.29, 0.717) is 0 Å². The monoisotopic (exact) mass is 233 g/mol. The molecule has 1 atom stereocenters. The minimum absolute atomic E-state index is 0.527. The summed E-state index contributed by atoms with van der Waals surface area (Å²) in [5.41, 5.74) is 1.21. The number of carboxylic acids is 1. The van der Waals surface area contributed by atoms with Gasteiger partial charge >= 0.3 is 5.97 Å². The molecule has 0 bridgehead atoms. The third kappa shape index (κ3) is 1.34. The van der Waals surface area contributed by atoms with E-state index in [-0.39, 0.29) is 0 Å². The molecule has 2 aromatic rings. The predicted molar refractivity (Wildman–Crippen MR) is 63.9 cm³/mol. The lowest BCUT2D eigenvalue weighted by atomic mass is 10.0. The van der Waals surface area contributed by atoms with Crippen molar-refractivity contribution >= 4 is 27.4 Å². The minimum atomic E-state index is -0.785. The molecule has 0 saturated heterocycles. The van der Waals surface area contributed by atoms with Crippen LogP contribution >= 0.6 is 11.3 Å². The Morgan fingerprint density at radius 1 is 1.44 bits per heavy atom. The SMILES string of the molecule is O=C(O)C1NCCc2c1sc1ccccc21. The van der Waals surface area contributed by atoms with Gasteiger partial charge in [0.15, 0.2) is 0 Å².